The molecule has 0 aromatic carbocycles. The summed E-state index contributed by atoms with van der Waals surface area (Å²) < 4.78 is 1.71. The van der Waals surface area contributed by atoms with E-state index in [1.807, 2.05) is 14.0 Å². The molecule has 0 spiro atoms. The van der Waals surface area contributed by atoms with Crippen molar-refractivity contribution in [3.63, 3.8) is 0 Å². The molecule has 0 saturated carbocycles. The van der Waals surface area contributed by atoms with Crippen LogP contribution >= 0.6 is 0 Å². The standard InChI is InChI=1S/C11H20N4O/c1-8-10(11(12)14(2)13-8)7-15-5-3-4-9(16)6-15/h9,16H,3-7,12H2,1-2H3. The summed E-state index contributed by atoms with van der Waals surface area (Å²) in [5, 5.41) is 13.9. The highest BCUT2D eigenvalue weighted by Gasteiger charge is 2.20. The molecule has 0 amide bonds. The Hall–Kier alpha value is -1.07. The fraction of sp³-hybridized carbons (Fsp3) is 0.727. The van der Waals surface area contributed by atoms with E-state index in [2.05, 4.69) is 10.00 Å². The molecule has 1 unspecified atom stereocenters. The minimum Gasteiger partial charge on any atom is -0.392 e. The first-order chi connectivity index (χ1) is 7.58. The van der Waals surface area contributed by atoms with E-state index in [9.17, 15) is 5.11 Å². The van der Waals surface area contributed by atoms with Crippen molar-refractivity contribution < 1.29 is 5.11 Å². The summed E-state index contributed by atoms with van der Waals surface area (Å²) in [6, 6.07) is 0. The van der Waals surface area contributed by atoms with Crippen molar-refractivity contribution in [2.24, 2.45) is 7.05 Å². The van der Waals surface area contributed by atoms with Gasteiger partial charge in [0.05, 0.1) is 11.8 Å². The number of aliphatic hydroxyl groups is 1. The van der Waals surface area contributed by atoms with Gasteiger partial charge in [0, 0.05) is 25.7 Å². The predicted octanol–water partition coefficient (Wildman–Crippen LogP) is 0.267. The fourth-order valence-corrected chi connectivity index (χ4v) is 2.31. The van der Waals surface area contributed by atoms with Gasteiger partial charge in [-0.05, 0) is 26.3 Å². The molecule has 2 rings (SSSR count). The van der Waals surface area contributed by atoms with Crippen LogP contribution in [0.4, 0.5) is 5.82 Å². The molecule has 1 atom stereocenters. The fourth-order valence-electron chi connectivity index (χ4n) is 2.31. The maximum absolute atomic E-state index is 9.61. The van der Waals surface area contributed by atoms with Crippen LogP contribution in [0.5, 0.6) is 0 Å². The molecule has 90 valence electrons. The zero-order chi connectivity index (χ0) is 11.7. The number of nitrogen functional groups attached to an aromatic ring is 1. The molecule has 16 heavy (non-hydrogen) atoms. The molecule has 1 aliphatic heterocycles. The molecule has 0 bridgehead atoms. The minimum absolute atomic E-state index is 0.188. The number of aryl methyl sites for hydroxylation is 2. The van der Waals surface area contributed by atoms with E-state index in [-0.39, 0.29) is 6.10 Å². The molecular weight excluding hydrogens is 204 g/mol. The third-order valence-electron chi connectivity index (χ3n) is 3.26. The van der Waals surface area contributed by atoms with Gasteiger partial charge in [-0.2, -0.15) is 5.10 Å². The van der Waals surface area contributed by atoms with Crippen LogP contribution in [0.25, 0.3) is 0 Å². The van der Waals surface area contributed by atoms with Crippen LogP contribution in [-0.2, 0) is 13.6 Å². The number of hydrogen-bond donors (Lipinski definition) is 2. The van der Waals surface area contributed by atoms with Crippen molar-refractivity contribution in [2.75, 3.05) is 18.8 Å². The number of likely N-dealkylation sites (tertiary alicyclic amines) is 1. The van der Waals surface area contributed by atoms with E-state index >= 15 is 0 Å². The van der Waals surface area contributed by atoms with E-state index in [1.165, 1.54) is 0 Å². The lowest BCUT2D eigenvalue weighted by molar-refractivity contribution is 0.0668. The normalized spacial score (nSPS) is 22.6. The number of piperidine rings is 1. The number of nitrogens with two attached hydrogens (primary N) is 1. The lowest BCUT2D eigenvalue weighted by Gasteiger charge is -2.29. The molecule has 1 saturated heterocycles. The van der Waals surface area contributed by atoms with Crippen molar-refractivity contribution in [3.8, 4) is 0 Å². The van der Waals surface area contributed by atoms with E-state index in [4.69, 9.17) is 5.73 Å². The van der Waals surface area contributed by atoms with Crippen molar-refractivity contribution in [3.05, 3.63) is 11.3 Å². The first-order valence-corrected chi connectivity index (χ1v) is 5.76. The zero-order valence-electron chi connectivity index (χ0n) is 9.98. The van der Waals surface area contributed by atoms with Crippen LogP contribution in [0.2, 0.25) is 0 Å². The number of nitrogens with zero attached hydrogens (tertiary/aromatic N) is 3. The second-order valence-electron chi connectivity index (χ2n) is 4.60. The quantitative estimate of drug-likeness (QED) is 0.756. The average Bonchev–Trinajstić information content (AvgIpc) is 2.45. The highest BCUT2D eigenvalue weighted by Crippen LogP contribution is 2.20. The summed E-state index contributed by atoms with van der Waals surface area (Å²) in [5.74, 6) is 0.734. The molecule has 1 aliphatic rings. The summed E-state index contributed by atoms with van der Waals surface area (Å²) >= 11 is 0. The van der Waals surface area contributed by atoms with Gasteiger partial charge in [-0.3, -0.25) is 9.58 Å². The first kappa shape index (κ1) is 11.4. The third kappa shape index (κ3) is 2.20. The Morgan fingerprint density at radius 1 is 1.56 bits per heavy atom. The van der Waals surface area contributed by atoms with Crippen LogP contribution in [0, 0.1) is 6.92 Å². The van der Waals surface area contributed by atoms with Gasteiger partial charge in [0.15, 0.2) is 0 Å². The second kappa shape index (κ2) is 4.43. The highest BCUT2D eigenvalue weighted by molar-refractivity contribution is 5.42. The number of anilines is 1. The Labute approximate surface area is 95.8 Å². The molecule has 5 nitrogen and oxygen atoms in total. The van der Waals surface area contributed by atoms with Gasteiger partial charge in [-0.25, -0.2) is 0 Å². The highest BCUT2D eigenvalue weighted by atomic mass is 16.3. The number of aromatic nitrogens is 2. The van der Waals surface area contributed by atoms with Crippen molar-refractivity contribution in [1.82, 2.24) is 14.7 Å². The number of aliphatic hydroxyl groups excluding tert-OH is 1. The molecule has 5 heteroatoms. The van der Waals surface area contributed by atoms with Gasteiger partial charge < -0.3 is 10.8 Å². The van der Waals surface area contributed by atoms with Crippen LogP contribution in [0.1, 0.15) is 24.1 Å². The smallest absolute Gasteiger partial charge is 0.126 e. The van der Waals surface area contributed by atoms with Crippen LogP contribution in [-0.4, -0.2) is 39.0 Å². The van der Waals surface area contributed by atoms with E-state index in [0.717, 1.165) is 49.6 Å². The van der Waals surface area contributed by atoms with E-state index in [1.54, 1.807) is 4.68 Å². The van der Waals surface area contributed by atoms with E-state index in [0.29, 0.717) is 0 Å². The molecule has 0 radical (unpaired) electrons. The van der Waals surface area contributed by atoms with Gasteiger partial charge in [-0.1, -0.05) is 0 Å². The van der Waals surface area contributed by atoms with Crippen LogP contribution < -0.4 is 5.73 Å². The summed E-state index contributed by atoms with van der Waals surface area (Å²) in [5.41, 5.74) is 8.05. The number of β-amino-alcohol motifs (C(OH)–C–C–N with tert-alkyl or cyclic N) is 1. The molecule has 3 N–H and O–H groups in total. The average molecular weight is 224 g/mol. The van der Waals surface area contributed by atoms with Gasteiger partial charge >= 0.3 is 0 Å². The Bertz CT molecular complexity index is 374. The molecule has 0 aliphatic carbocycles. The first-order valence-electron chi connectivity index (χ1n) is 5.76. The Morgan fingerprint density at radius 3 is 2.88 bits per heavy atom. The summed E-state index contributed by atoms with van der Waals surface area (Å²) in [6.07, 6.45) is 1.78. The Morgan fingerprint density at radius 2 is 2.31 bits per heavy atom. The molecule has 1 fully saturated rings. The van der Waals surface area contributed by atoms with E-state index < -0.39 is 0 Å². The lowest BCUT2D eigenvalue weighted by atomic mass is 10.1. The molecule has 1 aromatic rings. The van der Waals surface area contributed by atoms with Crippen LogP contribution in [0.3, 0.4) is 0 Å². The molecular formula is C11H20N4O. The van der Waals surface area contributed by atoms with Crippen molar-refractivity contribution in [1.29, 1.82) is 0 Å². The Balaban J connectivity index is 2.08. The summed E-state index contributed by atoms with van der Waals surface area (Å²) in [4.78, 5) is 2.24. The van der Waals surface area contributed by atoms with Crippen molar-refractivity contribution in [2.45, 2.75) is 32.4 Å². The Kier molecular flexibility index (Phi) is 3.16. The van der Waals surface area contributed by atoms with Crippen molar-refractivity contribution >= 4 is 5.82 Å². The van der Waals surface area contributed by atoms with Gasteiger partial charge in [0.2, 0.25) is 0 Å². The summed E-state index contributed by atoms with van der Waals surface area (Å²) in [6.45, 7) is 4.55. The number of hydrogen-bond acceptors (Lipinski definition) is 4. The minimum atomic E-state index is -0.188. The maximum atomic E-state index is 9.61. The second-order valence-corrected chi connectivity index (χ2v) is 4.60. The monoisotopic (exact) mass is 224 g/mol. The third-order valence-corrected chi connectivity index (χ3v) is 3.26. The molecule has 2 heterocycles. The largest absolute Gasteiger partial charge is 0.392 e. The molecule has 1 aromatic heterocycles. The lowest BCUT2D eigenvalue weighted by Crippen LogP contribution is -2.37. The van der Waals surface area contributed by atoms with Gasteiger partial charge in [-0.15, -0.1) is 0 Å². The SMILES string of the molecule is Cc1nn(C)c(N)c1CN1CCCC(O)C1. The van der Waals surface area contributed by atoms with Crippen LogP contribution in [0.15, 0.2) is 0 Å². The van der Waals surface area contributed by atoms with Gasteiger partial charge in [0.25, 0.3) is 0 Å². The number of rotatable bonds is 2. The topological polar surface area (TPSA) is 67.3 Å². The summed E-state index contributed by atoms with van der Waals surface area (Å²) in [7, 11) is 1.86. The van der Waals surface area contributed by atoms with Gasteiger partial charge in [0.1, 0.15) is 5.82 Å². The predicted molar refractivity (Wildman–Crippen MR) is 62.9 cm³/mol. The maximum Gasteiger partial charge on any atom is 0.126 e. The zero-order valence-corrected chi connectivity index (χ0v) is 9.98.